The predicted octanol–water partition coefficient (Wildman–Crippen LogP) is 2.83. The third-order valence-corrected chi connectivity index (χ3v) is 3.41. The summed E-state index contributed by atoms with van der Waals surface area (Å²) in [5.74, 6) is 0.102. The molecule has 0 radical (unpaired) electrons. The van der Waals surface area contributed by atoms with Crippen LogP contribution in [0, 0.1) is 0 Å². The molecule has 27 heavy (non-hydrogen) atoms. The fourth-order valence-electron chi connectivity index (χ4n) is 2.18. The third-order valence-electron chi connectivity index (χ3n) is 3.41. The highest BCUT2D eigenvalue weighted by molar-refractivity contribution is 6.09. The molecule has 0 fully saturated rings. The average Bonchev–Trinajstić information content (AvgIpc) is 2.70. The Balaban J connectivity index is 2.52. The van der Waals surface area contributed by atoms with Crippen LogP contribution in [0.1, 0.15) is 29.8 Å². The summed E-state index contributed by atoms with van der Waals surface area (Å²) in [5.41, 5.74) is 1.17. The van der Waals surface area contributed by atoms with Crippen LogP contribution in [0.5, 0.6) is 23.5 Å². The lowest BCUT2D eigenvalue weighted by atomic mass is 10.0. The van der Waals surface area contributed by atoms with Crippen molar-refractivity contribution in [1.82, 2.24) is 9.97 Å². The molecule has 9 heteroatoms. The Morgan fingerprint density at radius 1 is 1.11 bits per heavy atom. The fourth-order valence-corrected chi connectivity index (χ4v) is 2.18. The molecule has 0 atom stereocenters. The first-order valence-electron chi connectivity index (χ1n) is 8.07. The molecule has 0 aliphatic rings. The molecule has 0 unspecified atom stereocenters. The van der Waals surface area contributed by atoms with Gasteiger partial charge < -0.3 is 23.8 Å². The lowest BCUT2D eigenvalue weighted by Crippen LogP contribution is -2.12. The summed E-state index contributed by atoms with van der Waals surface area (Å²) in [5, 5.41) is 3.98. The van der Waals surface area contributed by atoms with Crippen LogP contribution in [0.15, 0.2) is 29.4 Å². The van der Waals surface area contributed by atoms with Crippen molar-refractivity contribution >= 4 is 11.7 Å². The number of carbonyl (C=O) groups excluding carboxylic acids is 1. The second-order valence-electron chi connectivity index (χ2n) is 5.10. The van der Waals surface area contributed by atoms with E-state index in [0.29, 0.717) is 17.9 Å². The summed E-state index contributed by atoms with van der Waals surface area (Å²) < 4.78 is 20.8. The van der Waals surface area contributed by atoms with Gasteiger partial charge in [-0.1, -0.05) is 17.3 Å². The Bertz CT molecular complexity index is 816. The van der Waals surface area contributed by atoms with E-state index >= 15 is 0 Å². The highest BCUT2D eigenvalue weighted by Crippen LogP contribution is 2.29. The smallest absolute Gasteiger partial charge is 0.342 e. The van der Waals surface area contributed by atoms with Gasteiger partial charge >= 0.3 is 12.0 Å². The Morgan fingerprint density at radius 2 is 1.78 bits per heavy atom. The van der Waals surface area contributed by atoms with Crippen molar-refractivity contribution < 1.29 is 28.6 Å². The average molecular weight is 375 g/mol. The Labute approximate surface area is 156 Å². The van der Waals surface area contributed by atoms with E-state index in [-0.39, 0.29) is 29.1 Å². The van der Waals surface area contributed by atoms with Gasteiger partial charge in [0.15, 0.2) is 0 Å². The van der Waals surface area contributed by atoms with Crippen molar-refractivity contribution in [2.24, 2.45) is 5.16 Å². The maximum absolute atomic E-state index is 12.4. The van der Waals surface area contributed by atoms with E-state index in [1.165, 1.54) is 27.4 Å². The molecule has 2 aromatic rings. The summed E-state index contributed by atoms with van der Waals surface area (Å²) in [6.07, 6.45) is 0. The molecule has 1 aromatic heterocycles. The molecule has 0 saturated carbocycles. The molecule has 1 aromatic carbocycles. The highest BCUT2D eigenvalue weighted by atomic mass is 16.6. The Kier molecular flexibility index (Phi) is 6.93. The molecular formula is C18H21N3O6. The van der Waals surface area contributed by atoms with Crippen LogP contribution in [0.3, 0.4) is 0 Å². The van der Waals surface area contributed by atoms with Crippen LogP contribution in [0.2, 0.25) is 0 Å². The SMILES string of the molecule is CCON=C(C)c1cccc(Oc2nc(OC)cc(OC)n2)c1C(=O)OC. The molecule has 1 heterocycles. The van der Waals surface area contributed by atoms with Crippen LogP contribution in [-0.2, 0) is 9.57 Å². The lowest BCUT2D eigenvalue weighted by molar-refractivity contribution is 0.0597. The normalized spacial score (nSPS) is 10.9. The number of nitrogens with zero attached hydrogens (tertiary/aromatic N) is 3. The number of esters is 1. The zero-order valence-electron chi connectivity index (χ0n) is 15.8. The van der Waals surface area contributed by atoms with Crippen molar-refractivity contribution in [3.63, 3.8) is 0 Å². The van der Waals surface area contributed by atoms with Crippen LogP contribution >= 0.6 is 0 Å². The second kappa shape index (κ2) is 9.37. The molecule has 0 amide bonds. The van der Waals surface area contributed by atoms with Gasteiger partial charge in [0.25, 0.3) is 0 Å². The topological polar surface area (TPSA) is 101 Å². The minimum absolute atomic E-state index is 0.0482. The molecule has 0 aliphatic heterocycles. The van der Waals surface area contributed by atoms with Crippen molar-refractivity contribution in [2.75, 3.05) is 27.9 Å². The number of oxime groups is 1. The van der Waals surface area contributed by atoms with Gasteiger partial charge in [-0.3, -0.25) is 0 Å². The van der Waals surface area contributed by atoms with Crippen molar-refractivity contribution in [2.45, 2.75) is 13.8 Å². The van der Waals surface area contributed by atoms with Crippen molar-refractivity contribution in [1.29, 1.82) is 0 Å². The van der Waals surface area contributed by atoms with Gasteiger partial charge in [-0.05, 0) is 19.9 Å². The van der Waals surface area contributed by atoms with Gasteiger partial charge in [-0.15, -0.1) is 0 Å². The maximum atomic E-state index is 12.4. The largest absolute Gasteiger partial charge is 0.481 e. The minimum atomic E-state index is -0.596. The number of aromatic nitrogens is 2. The van der Waals surface area contributed by atoms with Gasteiger partial charge in [0, 0.05) is 5.56 Å². The zero-order chi connectivity index (χ0) is 19.8. The number of carbonyl (C=O) groups is 1. The lowest BCUT2D eigenvalue weighted by Gasteiger charge is -2.13. The van der Waals surface area contributed by atoms with Gasteiger partial charge in [0.05, 0.1) is 33.1 Å². The van der Waals surface area contributed by atoms with Crippen LogP contribution in [0.4, 0.5) is 0 Å². The fraction of sp³-hybridized carbons (Fsp3) is 0.333. The number of rotatable bonds is 8. The van der Waals surface area contributed by atoms with Crippen molar-refractivity contribution in [3.05, 3.63) is 35.4 Å². The van der Waals surface area contributed by atoms with Gasteiger partial charge in [-0.25, -0.2) is 4.79 Å². The Hall–Kier alpha value is -3.36. The Morgan fingerprint density at radius 3 is 2.33 bits per heavy atom. The number of ether oxygens (including phenoxy) is 4. The highest BCUT2D eigenvalue weighted by Gasteiger charge is 2.22. The minimum Gasteiger partial charge on any atom is -0.481 e. The predicted molar refractivity (Wildman–Crippen MR) is 96.8 cm³/mol. The monoisotopic (exact) mass is 375 g/mol. The molecule has 0 aliphatic carbocycles. The van der Waals surface area contributed by atoms with E-state index in [9.17, 15) is 4.79 Å². The maximum Gasteiger partial charge on any atom is 0.342 e. The van der Waals surface area contributed by atoms with Gasteiger partial charge in [-0.2, -0.15) is 9.97 Å². The van der Waals surface area contributed by atoms with E-state index in [1.807, 2.05) is 6.92 Å². The van der Waals surface area contributed by atoms with Crippen LogP contribution in [-0.4, -0.2) is 49.6 Å². The van der Waals surface area contributed by atoms with Gasteiger partial charge in [0.1, 0.15) is 17.9 Å². The number of benzene rings is 1. The molecule has 9 nitrogen and oxygen atoms in total. The quantitative estimate of drug-likeness (QED) is 0.394. The number of hydrogen-bond donors (Lipinski definition) is 0. The zero-order valence-corrected chi connectivity index (χ0v) is 15.8. The van der Waals surface area contributed by atoms with Crippen LogP contribution < -0.4 is 14.2 Å². The number of methoxy groups -OCH3 is 3. The van der Waals surface area contributed by atoms with E-state index < -0.39 is 5.97 Å². The van der Waals surface area contributed by atoms with E-state index in [4.69, 9.17) is 23.8 Å². The first-order valence-corrected chi connectivity index (χ1v) is 8.07. The van der Waals surface area contributed by atoms with E-state index in [1.54, 1.807) is 25.1 Å². The van der Waals surface area contributed by atoms with E-state index in [0.717, 1.165) is 0 Å². The molecular weight excluding hydrogens is 354 g/mol. The summed E-state index contributed by atoms with van der Waals surface area (Å²) in [6.45, 7) is 3.93. The van der Waals surface area contributed by atoms with Crippen molar-refractivity contribution in [3.8, 4) is 23.5 Å². The first-order chi connectivity index (χ1) is 13.0. The second-order valence-corrected chi connectivity index (χ2v) is 5.10. The summed E-state index contributed by atoms with van der Waals surface area (Å²) in [4.78, 5) is 25.7. The number of hydrogen-bond acceptors (Lipinski definition) is 9. The van der Waals surface area contributed by atoms with Gasteiger partial charge in [0.2, 0.25) is 11.8 Å². The molecule has 2 rings (SSSR count). The molecule has 144 valence electrons. The summed E-state index contributed by atoms with van der Waals surface area (Å²) in [7, 11) is 4.20. The third kappa shape index (κ3) is 4.84. The summed E-state index contributed by atoms with van der Waals surface area (Å²) in [6, 6.07) is 6.47. The standard InChI is InChI=1S/C18H21N3O6/c1-6-26-21-11(2)12-8-7-9-13(16(12)17(22)25-5)27-18-19-14(23-3)10-15(20-18)24-4/h7-10H,6H2,1-5H3. The molecule has 0 spiro atoms. The summed E-state index contributed by atoms with van der Waals surface area (Å²) >= 11 is 0. The molecule has 0 N–H and O–H groups in total. The van der Waals surface area contributed by atoms with Crippen LogP contribution in [0.25, 0.3) is 0 Å². The molecule has 0 bridgehead atoms. The molecule has 0 saturated heterocycles. The first kappa shape index (κ1) is 20.0. The van der Waals surface area contributed by atoms with E-state index in [2.05, 4.69) is 15.1 Å².